The van der Waals surface area contributed by atoms with E-state index in [4.69, 9.17) is 4.98 Å². The molecule has 0 saturated heterocycles. The Morgan fingerprint density at radius 1 is 1.13 bits per heavy atom. The van der Waals surface area contributed by atoms with Crippen molar-refractivity contribution in [1.82, 2.24) is 19.9 Å². The average Bonchev–Trinajstić information content (AvgIpc) is 3.65. The first-order valence-corrected chi connectivity index (χ1v) is 17.6. The first-order chi connectivity index (χ1) is 21.6. The first-order valence-electron chi connectivity index (χ1n) is 14.7. The van der Waals surface area contributed by atoms with Gasteiger partial charge in [0.15, 0.2) is 5.72 Å². The van der Waals surface area contributed by atoms with E-state index in [9.17, 15) is 31.8 Å². The second kappa shape index (κ2) is 11.9. The molecule has 16 heteroatoms. The molecule has 0 aliphatic heterocycles. The number of aromatic nitrogens is 4. The lowest BCUT2D eigenvalue weighted by molar-refractivity contribution is -0.274. The van der Waals surface area contributed by atoms with Crippen LogP contribution in [0.15, 0.2) is 36.5 Å². The number of benzene rings is 1. The van der Waals surface area contributed by atoms with Gasteiger partial charge in [-0.2, -0.15) is 4.98 Å². The number of aliphatic hydroxyl groups excluding tert-OH is 1. The number of nitrogens with one attached hydrogen (secondary N) is 2. The van der Waals surface area contributed by atoms with Crippen LogP contribution in [0.5, 0.6) is 5.75 Å². The fourth-order valence-electron chi connectivity index (χ4n) is 5.86. The van der Waals surface area contributed by atoms with Crippen molar-refractivity contribution in [2.75, 3.05) is 22.6 Å². The predicted octanol–water partition coefficient (Wildman–Crippen LogP) is 5.32. The Hall–Kier alpha value is -3.60. The van der Waals surface area contributed by atoms with Crippen LogP contribution in [0.1, 0.15) is 61.5 Å². The molecule has 2 aliphatic rings. The SMILES string of the molecule is Cc1nc(N[C@H](C)c2ccc(OC(F)(F)F)cc2)nc(N[C@@]2(O)CC[C@H](CS(C)(=O)=O)[C@H]2O)c1-c1nc2c(C3CC3)nccc2s1. The van der Waals surface area contributed by atoms with E-state index in [1.807, 2.05) is 6.07 Å². The highest BCUT2D eigenvalue weighted by atomic mass is 32.2. The maximum absolute atomic E-state index is 12.6. The Bertz CT molecular complexity index is 1870. The summed E-state index contributed by atoms with van der Waals surface area (Å²) in [6.45, 7) is 3.54. The van der Waals surface area contributed by atoms with E-state index >= 15 is 0 Å². The van der Waals surface area contributed by atoms with E-state index in [1.54, 1.807) is 20.0 Å². The molecule has 0 radical (unpaired) electrons. The van der Waals surface area contributed by atoms with Crippen LogP contribution in [0.2, 0.25) is 0 Å². The minimum absolute atomic E-state index is 0.0674. The standard InChI is InChI=1S/C30H33F3N6O5S2/c1-15(17-6-8-20(9-7-17)44-30(31,32)33)35-28-36-16(2)22(27-37-24-21(45-27)11-13-34-23(24)18-4-5-18)26(38-28)39-29(41)12-10-19(25(29)40)14-46(3,42)43/h6-9,11,13,15,18-19,25,40-41H,4-5,10,12,14H2,1-3H3,(H2,35,36,38,39)/t15-,19-,25-,29-/m1/s1. The Kier molecular flexibility index (Phi) is 8.36. The third-order valence-electron chi connectivity index (χ3n) is 8.25. The van der Waals surface area contributed by atoms with Gasteiger partial charge in [0, 0.05) is 24.3 Å². The van der Waals surface area contributed by atoms with Gasteiger partial charge in [-0.3, -0.25) is 4.98 Å². The summed E-state index contributed by atoms with van der Waals surface area (Å²) in [4.78, 5) is 18.8. The van der Waals surface area contributed by atoms with Crippen molar-refractivity contribution in [3.63, 3.8) is 0 Å². The minimum Gasteiger partial charge on any atom is -0.406 e. The summed E-state index contributed by atoms with van der Waals surface area (Å²) in [5, 5.41) is 29.5. The smallest absolute Gasteiger partial charge is 0.406 e. The number of hydrogen-bond acceptors (Lipinski definition) is 12. The Morgan fingerprint density at radius 3 is 2.50 bits per heavy atom. The van der Waals surface area contributed by atoms with Gasteiger partial charge in [-0.15, -0.1) is 24.5 Å². The first kappa shape index (κ1) is 32.3. The van der Waals surface area contributed by atoms with Crippen LogP contribution in [0.25, 0.3) is 20.8 Å². The minimum atomic E-state index is -4.80. The van der Waals surface area contributed by atoms with E-state index in [-0.39, 0.29) is 36.1 Å². The molecule has 246 valence electrons. The summed E-state index contributed by atoms with van der Waals surface area (Å²) in [6, 6.07) is 6.84. The lowest BCUT2D eigenvalue weighted by Gasteiger charge is -2.31. The molecular formula is C30H33F3N6O5S2. The molecule has 4 aromatic rings. The van der Waals surface area contributed by atoms with Gasteiger partial charge in [-0.1, -0.05) is 12.1 Å². The van der Waals surface area contributed by atoms with Crippen molar-refractivity contribution in [3.05, 3.63) is 53.5 Å². The van der Waals surface area contributed by atoms with Crippen molar-refractivity contribution < 1.29 is 36.5 Å². The van der Waals surface area contributed by atoms with Crippen LogP contribution in [0.4, 0.5) is 24.9 Å². The molecule has 2 fully saturated rings. The van der Waals surface area contributed by atoms with E-state index in [1.165, 1.54) is 35.6 Å². The lowest BCUT2D eigenvalue weighted by atomic mass is 10.0. The highest BCUT2D eigenvalue weighted by Crippen LogP contribution is 2.45. The van der Waals surface area contributed by atoms with Crippen LogP contribution < -0.4 is 15.4 Å². The molecule has 0 unspecified atom stereocenters. The van der Waals surface area contributed by atoms with Gasteiger partial charge >= 0.3 is 6.36 Å². The molecule has 0 bridgehead atoms. The number of fused-ring (bicyclic) bond motifs is 1. The molecule has 11 nitrogen and oxygen atoms in total. The maximum atomic E-state index is 12.6. The number of pyridine rings is 1. The normalized spacial score (nSPS) is 22.6. The van der Waals surface area contributed by atoms with Gasteiger partial charge < -0.3 is 25.6 Å². The highest BCUT2D eigenvalue weighted by molar-refractivity contribution is 7.90. The number of anilines is 2. The molecule has 2 aliphatic carbocycles. The number of ether oxygens (including phenoxy) is 1. The summed E-state index contributed by atoms with van der Waals surface area (Å²) in [5.74, 6) is -0.624. The summed E-state index contributed by atoms with van der Waals surface area (Å²) in [5.41, 5.74) is 1.47. The van der Waals surface area contributed by atoms with Gasteiger partial charge in [0.05, 0.1) is 33.4 Å². The summed E-state index contributed by atoms with van der Waals surface area (Å²) in [7, 11) is -3.41. The Balaban J connectivity index is 1.35. The molecule has 6 rings (SSSR count). The van der Waals surface area contributed by atoms with Crippen LogP contribution in [-0.2, 0) is 9.84 Å². The molecule has 1 aromatic carbocycles. The molecule has 3 aromatic heterocycles. The lowest BCUT2D eigenvalue weighted by Crippen LogP contribution is -2.48. The Labute approximate surface area is 267 Å². The Morgan fingerprint density at radius 2 is 1.85 bits per heavy atom. The van der Waals surface area contributed by atoms with Crippen molar-refractivity contribution >= 4 is 43.2 Å². The summed E-state index contributed by atoms with van der Waals surface area (Å²) >= 11 is 1.42. The van der Waals surface area contributed by atoms with Gasteiger partial charge in [0.2, 0.25) is 5.95 Å². The number of halogens is 3. The van der Waals surface area contributed by atoms with Gasteiger partial charge in [-0.05, 0) is 63.3 Å². The topological polar surface area (TPSA) is 159 Å². The quantitative estimate of drug-likeness (QED) is 0.161. The summed E-state index contributed by atoms with van der Waals surface area (Å²) in [6.07, 6.45) is -0.931. The number of aryl methyl sites for hydroxylation is 1. The molecule has 4 N–H and O–H groups in total. The third kappa shape index (κ3) is 7.04. The molecule has 2 saturated carbocycles. The van der Waals surface area contributed by atoms with Crippen molar-refractivity contribution in [2.24, 2.45) is 5.92 Å². The van der Waals surface area contributed by atoms with Crippen molar-refractivity contribution in [3.8, 4) is 16.3 Å². The van der Waals surface area contributed by atoms with Crippen LogP contribution >= 0.6 is 11.3 Å². The van der Waals surface area contributed by atoms with Gasteiger partial charge in [0.25, 0.3) is 0 Å². The molecule has 3 heterocycles. The molecular weight excluding hydrogens is 645 g/mol. The van der Waals surface area contributed by atoms with Crippen LogP contribution in [0, 0.1) is 12.8 Å². The van der Waals surface area contributed by atoms with E-state index in [0.717, 1.165) is 35.0 Å². The summed E-state index contributed by atoms with van der Waals surface area (Å²) < 4.78 is 66.7. The van der Waals surface area contributed by atoms with E-state index in [2.05, 4.69) is 30.3 Å². The highest BCUT2D eigenvalue weighted by Gasteiger charge is 2.48. The van der Waals surface area contributed by atoms with Crippen LogP contribution in [0.3, 0.4) is 0 Å². The zero-order chi connectivity index (χ0) is 33.0. The number of thiazole rings is 1. The number of aliphatic hydroxyl groups is 2. The van der Waals surface area contributed by atoms with E-state index in [0.29, 0.717) is 27.7 Å². The maximum Gasteiger partial charge on any atom is 0.573 e. The fraction of sp³-hybridized carbons (Fsp3) is 0.467. The van der Waals surface area contributed by atoms with E-state index < -0.39 is 40.0 Å². The van der Waals surface area contributed by atoms with Crippen molar-refractivity contribution in [1.29, 1.82) is 0 Å². The average molecular weight is 679 g/mol. The number of hydrogen-bond donors (Lipinski definition) is 4. The number of alkyl halides is 3. The second-order valence-corrected chi connectivity index (χ2v) is 15.3. The fourth-order valence-corrected chi connectivity index (χ4v) is 8.06. The predicted molar refractivity (Wildman–Crippen MR) is 167 cm³/mol. The number of rotatable bonds is 10. The van der Waals surface area contributed by atoms with Crippen LogP contribution in [-0.4, -0.2) is 68.8 Å². The molecule has 0 spiro atoms. The number of nitrogens with zero attached hydrogens (tertiary/aromatic N) is 4. The molecule has 4 atom stereocenters. The number of sulfone groups is 1. The van der Waals surface area contributed by atoms with Crippen molar-refractivity contribution in [2.45, 2.75) is 69.7 Å². The molecule has 46 heavy (non-hydrogen) atoms. The van der Waals surface area contributed by atoms with Gasteiger partial charge in [0.1, 0.15) is 38.0 Å². The zero-order valence-electron chi connectivity index (χ0n) is 25.2. The largest absolute Gasteiger partial charge is 0.573 e. The van der Waals surface area contributed by atoms with Gasteiger partial charge in [-0.25, -0.2) is 18.4 Å². The zero-order valence-corrected chi connectivity index (χ0v) is 26.8. The molecule has 0 amide bonds. The third-order valence-corrected chi connectivity index (χ3v) is 10.3. The second-order valence-electron chi connectivity index (χ2n) is 12.1. The monoisotopic (exact) mass is 678 g/mol.